The van der Waals surface area contributed by atoms with Crippen molar-refractivity contribution in [2.24, 2.45) is 0 Å². The van der Waals surface area contributed by atoms with Crippen LogP contribution < -0.4 is 0 Å². The van der Waals surface area contributed by atoms with Crippen LogP contribution in [0.25, 0.3) is 0 Å². The molecule has 0 saturated carbocycles. The highest BCUT2D eigenvalue weighted by Gasteiger charge is 2.53. The van der Waals surface area contributed by atoms with E-state index < -0.39 is 30.7 Å². The minimum absolute atomic E-state index is 0.168. The fraction of sp³-hybridized carbons (Fsp3) is 1.00. The van der Waals surface area contributed by atoms with Gasteiger partial charge in [-0.25, -0.2) is 0 Å². The SMILES string of the molecule is OCC1OC(O)(CN2CCCCC2)C(O)C1O. The Hall–Kier alpha value is -0.240. The standard InChI is InChI=1S/C11H21NO5/c13-6-8-9(14)10(15)11(16,17-8)7-12-4-2-1-3-5-12/h8-10,13-16H,1-7H2. The zero-order chi connectivity index (χ0) is 12.5. The lowest BCUT2D eigenvalue weighted by molar-refractivity contribution is -0.239. The van der Waals surface area contributed by atoms with E-state index in [1.165, 1.54) is 6.42 Å². The molecule has 4 atom stereocenters. The number of piperidine rings is 1. The molecule has 2 fully saturated rings. The highest BCUT2D eigenvalue weighted by Crippen LogP contribution is 2.30. The number of hydrogen-bond acceptors (Lipinski definition) is 6. The molecule has 6 nitrogen and oxygen atoms in total. The van der Waals surface area contributed by atoms with Crippen LogP contribution in [0.1, 0.15) is 19.3 Å². The third kappa shape index (κ3) is 2.62. The zero-order valence-corrected chi connectivity index (χ0v) is 9.83. The van der Waals surface area contributed by atoms with Crippen molar-refractivity contribution in [2.75, 3.05) is 26.2 Å². The zero-order valence-electron chi connectivity index (χ0n) is 9.83. The predicted molar refractivity (Wildman–Crippen MR) is 59.2 cm³/mol. The summed E-state index contributed by atoms with van der Waals surface area (Å²) in [5.74, 6) is -1.77. The van der Waals surface area contributed by atoms with Crippen molar-refractivity contribution < 1.29 is 25.2 Å². The van der Waals surface area contributed by atoms with Gasteiger partial charge in [0.1, 0.15) is 18.3 Å². The minimum Gasteiger partial charge on any atom is -0.394 e. The van der Waals surface area contributed by atoms with E-state index in [4.69, 9.17) is 9.84 Å². The number of aliphatic hydroxyl groups is 4. The van der Waals surface area contributed by atoms with E-state index in [1.54, 1.807) is 0 Å². The predicted octanol–water partition coefficient (Wildman–Crippen LogP) is -1.73. The molecule has 0 radical (unpaired) electrons. The van der Waals surface area contributed by atoms with Crippen molar-refractivity contribution in [1.29, 1.82) is 0 Å². The fourth-order valence-corrected chi connectivity index (χ4v) is 2.59. The first kappa shape index (κ1) is 13.2. The highest BCUT2D eigenvalue weighted by molar-refractivity contribution is 4.97. The average Bonchev–Trinajstić information content (AvgIpc) is 2.55. The van der Waals surface area contributed by atoms with Crippen LogP contribution in [-0.4, -0.2) is 75.7 Å². The van der Waals surface area contributed by atoms with E-state index >= 15 is 0 Å². The number of β-amino-alcohol motifs (C(OH)–C–C–N with tert-alkyl or cyclic N) is 1. The molecule has 0 spiro atoms. The Morgan fingerprint density at radius 1 is 1.18 bits per heavy atom. The minimum atomic E-state index is -1.77. The van der Waals surface area contributed by atoms with E-state index in [1.807, 2.05) is 4.90 Å². The van der Waals surface area contributed by atoms with Gasteiger partial charge in [-0.15, -0.1) is 0 Å². The largest absolute Gasteiger partial charge is 0.394 e. The molecule has 0 aliphatic carbocycles. The van der Waals surface area contributed by atoms with Gasteiger partial charge in [0.05, 0.1) is 13.2 Å². The molecule has 17 heavy (non-hydrogen) atoms. The van der Waals surface area contributed by atoms with Crippen LogP contribution >= 0.6 is 0 Å². The Morgan fingerprint density at radius 2 is 1.82 bits per heavy atom. The normalized spacial score (nSPS) is 44.1. The van der Waals surface area contributed by atoms with Crippen LogP contribution in [0, 0.1) is 0 Å². The van der Waals surface area contributed by atoms with Gasteiger partial charge in [0, 0.05) is 0 Å². The van der Waals surface area contributed by atoms with Gasteiger partial charge in [-0.2, -0.15) is 0 Å². The summed E-state index contributed by atoms with van der Waals surface area (Å²) in [6, 6.07) is 0. The molecule has 4 unspecified atom stereocenters. The van der Waals surface area contributed by atoms with Crippen LogP contribution in [0.4, 0.5) is 0 Å². The van der Waals surface area contributed by atoms with Crippen LogP contribution in [-0.2, 0) is 4.74 Å². The van der Waals surface area contributed by atoms with E-state index in [0.29, 0.717) is 0 Å². The Balaban J connectivity index is 1.98. The molecule has 0 bridgehead atoms. The van der Waals surface area contributed by atoms with Gasteiger partial charge in [0.2, 0.25) is 5.79 Å². The van der Waals surface area contributed by atoms with Gasteiger partial charge >= 0.3 is 0 Å². The van der Waals surface area contributed by atoms with Crippen molar-refractivity contribution in [3.63, 3.8) is 0 Å². The van der Waals surface area contributed by atoms with Crippen LogP contribution in [0.2, 0.25) is 0 Å². The third-order valence-corrected chi connectivity index (χ3v) is 3.60. The maximum Gasteiger partial charge on any atom is 0.208 e. The number of likely N-dealkylation sites (tertiary alicyclic amines) is 1. The van der Waals surface area contributed by atoms with Gasteiger partial charge in [-0.05, 0) is 25.9 Å². The smallest absolute Gasteiger partial charge is 0.208 e. The first-order chi connectivity index (χ1) is 8.07. The molecule has 0 aromatic heterocycles. The lowest BCUT2D eigenvalue weighted by Crippen LogP contribution is -2.52. The number of nitrogens with zero attached hydrogens (tertiary/aromatic N) is 1. The second-order valence-electron chi connectivity index (χ2n) is 4.96. The van der Waals surface area contributed by atoms with Gasteiger partial charge in [0.15, 0.2) is 0 Å². The second kappa shape index (κ2) is 5.17. The Bertz CT molecular complexity index is 258. The number of ether oxygens (including phenoxy) is 1. The number of hydrogen-bond donors (Lipinski definition) is 4. The lowest BCUT2D eigenvalue weighted by Gasteiger charge is -2.34. The topological polar surface area (TPSA) is 93.4 Å². The van der Waals surface area contributed by atoms with Gasteiger partial charge < -0.3 is 25.2 Å². The summed E-state index contributed by atoms with van der Waals surface area (Å²) < 4.78 is 5.19. The molecule has 0 aromatic carbocycles. The molecule has 2 heterocycles. The van der Waals surface area contributed by atoms with Crippen LogP contribution in [0.15, 0.2) is 0 Å². The van der Waals surface area contributed by atoms with E-state index in [2.05, 4.69) is 0 Å². The Labute approximate surface area is 100 Å². The number of aliphatic hydroxyl groups excluding tert-OH is 3. The summed E-state index contributed by atoms with van der Waals surface area (Å²) in [5.41, 5.74) is 0. The molecule has 100 valence electrons. The van der Waals surface area contributed by atoms with Crippen LogP contribution in [0.3, 0.4) is 0 Å². The van der Waals surface area contributed by atoms with Crippen molar-refractivity contribution in [3.8, 4) is 0 Å². The summed E-state index contributed by atoms with van der Waals surface area (Å²) in [7, 11) is 0. The molecular formula is C11H21NO5. The molecule has 0 amide bonds. The lowest BCUT2D eigenvalue weighted by atomic mass is 10.0. The second-order valence-corrected chi connectivity index (χ2v) is 4.96. The molecule has 2 rings (SSSR count). The number of rotatable bonds is 3. The maximum atomic E-state index is 10.2. The first-order valence-corrected chi connectivity index (χ1v) is 6.16. The molecule has 6 heteroatoms. The summed E-state index contributed by atoms with van der Waals surface area (Å²) in [5, 5.41) is 38.6. The van der Waals surface area contributed by atoms with Crippen molar-refractivity contribution in [1.82, 2.24) is 4.90 Å². The van der Waals surface area contributed by atoms with Gasteiger partial charge in [-0.1, -0.05) is 6.42 Å². The Morgan fingerprint density at radius 3 is 2.35 bits per heavy atom. The molecular weight excluding hydrogens is 226 g/mol. The monoisotopic (exact) mass is 247 g/mol. The van der Waals surface area contributed by atoms with Crippen molar-refractivity contribution in [3.05, 3.63) is 0 Å². The molecule has 0 aromatic rings. The van der Waals surface area contributed by atoms with E-state index in [0.717, 1.165) is 25.9 Å². The summed E-state index contributed by atoms with van der Waals surface area (Å²) in [6.45, 7) is 1.47. The van der Waals surface area contributed by atoms with Crippen molar-refractivity contribution in [2.45, 2.75) is 43.4 Å². The third-order valence-electron chi connectivity index (χ3n) is 3.60. The molecule has 2 aliphatic heterocycles. The van der Waals surface area contributed by atoms with Crippen molar-refractivity contribution >= 4 is 0 Å². The molecule has 2 aliphatic rings. The van der Waals surface area contributed by atoms with Crippen LogP contribution in [0.5, 0.6) is 0 Å². The average molecular weight is 247 g/mol. The summed E-state index contributed by atoms with van der Waals surface area (Å²) in [4.78, 5) is 2.01. The summed E-state index contributed by atoms with van der Waals surface area (Å²) >= 11 is 0. The van der Waals surface area contributed by atoms with Gasteiger partial charge in [-0.3, -0.25) is 4.90 Å². The van der Waals surface area contributed by atoms with Gasteiger partial charge in [0.25, 0.3) is 0 Å². The van der Waals surface area contributed by atoms with E-state index in [-0.39, 0.29) is 6.54 Å². The highest BCUT2D eigenvalue weighted by atomic mass is 16.7. The molecule has 4 N–H and O–H groups in total. The maximum absolute atomic E-state index is 10.2. The summed E-state index contributed by atoms with van der Waals surface area (Å²) in [6.07, 6.45) is -0.215. The quantitative estimate of drug-likeness (QED) is 0.474. The first-order valence-electron chi connectivity index (χ1n) is 6.16. The Kier molecular flexibility index (Phi) is 4.02. The van der Waals surface area contributed by atoms with E-state index in [9.17, 15) is 15.3 Å². The fourth-order valence-electron chi connectivity index (χ4n) is 2.59. The molecule has 2 saturated heterocycles.